The van der Waals surface area contributed by atoms with Gasteiger partial charge in [0.05, 0.1) is 17.2 Å². The minimum Gasteiger partial charge on any atom is -0.408 e. The zero-order valence-corrected chi connectivity index (χ0v) is 11.2. The van der Waals surface area contributed by atoms with Gasteiger partial charge in [-0.15, -0.1) is 0 Å². The molecule has 2 aromatic carbocycles. The topological polar surface area (TPSA) is 104 Å². The van der Waals surface area contributed by atoms with Crippen molar-refractivity contribution < 1.29 is 9.21 Å². The molecular formula is C15H10N4O3. The number of carbonyl (C=O) groups excluding carboxylic acids is 1. The van der Waals surface area contributed by atoms with Crippen molar-refractivity contribution in [2.24, 2.45) is 0 Å². The Morgan fingerprint density at radius 2 is 2.05 bits per heavy atom. The predicted molar refractivity (Wildman–Crippen MR) is 80.9 cm³/mol. The fraction of sp³-hybridized carbons (Fsp3) is 0. The number of amides is 1. The summed E-state index contributed by atoms with van der Waals surface area (Å²) in [4.78, 5) is 25.9. The van der Waals surface area contributed by atoms with E-state index < -0.39 is 5.76 Å². The van der Waals surface area contributed by atoms with E-state index in [1.807, 2.05) is 6.07 Å². The summed E-state index contributed by atoms with van der Waals surface area (Å²) >= 11 is 0. The van der Waals surface area contributed by atoms with Crippen LogP contribution in [0.15, 0.2) is 51.8 Å². The monoisotopic (exact) mass is 294 g/mol. The van der Waals surface area contributed by atoms with E-state index in [1.165, 1.54) is 6.07 Å². The quantitative estimate of drug-likeness (QED) is 0.527. The molecule has 0 aliphatic heterocycles. The Morgan fingerprint density at radius 3 is 2.95 bits per heavy atom. The van der Waals surface area contributed by atoms with Gasteiger partial charge in [0.15, 0.2) is 5.58 Å². The number of aromatic amines is 2. The van der Waals surface area contributed by atoms with Crippen molar-refractivity contribution in [1.82, 2.24) is 15.2 Å². The second kappa shape index (κ2) is 4.59. The van der Waals surface area contributed by atoms with E-state index in [-0.39, 0.29) is 5.91 Å². The van der Waals surface area contributed by atoms with E-state index in [0.717, 1.165) is 10.9 Å². The van der Waals surface area contributed by atoms with Crippen LogP contribution in [0.3, 0.4) is 0 Å². The van der Waals surface area contributed by atoms with Crippen molar-refractivity contribution >= 4 is 33.6 Å². The Hall–Kier alpha value is -3.35. The number of carbonyl (C=O) groups is 1. The first-order valence-electron chi connectivity index (χ1n) is 6.56. The van der Waals surface area contributed by atoms with Crippen LogP contribution in [0.2, 0.25) is 0 Å². The van der Waals surface area contributed by atoms with Crippen molar-refractivity contribution in [3.05, 3.63) is 58.7 Å². The minimum atomic E-state index is -0.544. The van der Waals surface area contributed by atoms with E-state index in [9.17, 15) is 9.59 Å². The highest BCUT2D eigenvalue weighted by atomic mass is 16.4. The minimum absolute atomic E-state index is 0.287. The average Bonchev–Trinajstić information content (AvgIpc) is 3.10. The van der Waals surface area contributed by atoms with Gasteiger partial charge in [-0.05, 0) is 36.4 Å². The molecule has 22 heavy (non-hydrogen) atoms. The zero-order valence-electron chi connectivity index (χ0n) is 11.2. The van der Waals surface area contributed by atoms with Crippen LogP contribution in [-0.4, -0.2) is 21.1 Å². The third-order valence-electron chi connectivity index (χ3n) is 3.38. The highest BCUT2D eigenvalue weighted by molar-refractivity contribution is 6.06. The van der Waals surface area contributed by atoms with Crippen LogP contribution in [0.1, 0.15) is 10.4 Å². The maximum absolute atomic E-state index is 12.3. The van der Waals surface area contributed by atoms with Gasteiger partial charge in [-0.3, -0.25) is 14.9 Å². The molecule has 0 fully saturated rings. The summed E-state index contributed by atoms with van der Waals surface area (Å²) in [7, 11) is 0. The standard InChI is InChI=1S/C15H10N4O3/c20-14(8-2-4-11-13(5-8)22-15(21)18-11)17-10-3-1-9-7-16-19-12(9)6-10/h1-7H,(H,16,19)(H,17,20)(H,18,21). The summed E-state index contributed by atoms with van der Waals surface area (Å²) < 4.78 is 4.95. The number of H-pyrrole nitrogens is 2. The summed E-state index contributed by atoms with van der Waals surface area (Å²) in [5.41, 5.74) is 2.80. The lowest BCUT2D eigenvalue weighted by molar-refractivity contribution is 0.102. The summed E-state index contributed by atoms with van der Waals surface area (Å²) in [6, 6.07) is 10.2. The second-order valence-corrected chi connectivity index (χ2v) is 4.85. The molecular weight excluding hydrogens is 284 g/mol. The number of nitrogens with zero attached hydrogens (tertiary/aromatic N) is 1. The van der Waals surface area contributed by atoms with Crippen LogP contribution in [0, 0.1) is 0 Å². The van der Waals surface area contributed by atoms with Gasteiger partial charge in [0.1, 0.15) is 0 Å². The first-order chi connectivity index (χ1) is 10.7. The number of anilines is 1. The van der Waals surface area contributed by atoms with Crippen molar-refractivity contribution in [2.75, 3.05) is 5.32 Å². The molecule has 108 valence electrons. The highest BCUT2D eigenvalue weighted by Gasteiger charge is 2.10. The zero-order chi connectivity index (χ0) is 15.1. The third kappa shape index (κ3) is 2.05. The molecule has 0 bridgehead atoms. The number of oxazole rings is 1. The molecule has 0 spiro atoms. The molecule has 1 amide bonds. The van der Waals surface area contributed by atoms with E-state index in [4.69, 9.17) is 4.42 Å². The Labute approximate surface area is 123 Å². The highest BCUT2D eigenvalue weighted by Crippen LogP contribution is 2.18. The lowest BCUT2D eigenvalue weighted by atomic mass is 10.2. The Kier molecular flexibility index (Phi) is 2.59. The molecule has 3 N–H and O–H groups in total. The molecule has 2 aromatic heterocycles. The molecule has 4 rings (SSSR count). The molecule has 7 heteroatoms. The molecule has 0 saturated carbocycles. The van der Waals surface area contributed by atoms with Crippen LogP contribution in [0.4, 0.5) is 5.69 Å². The molecule has 0 aliphatic carbocycles. The number of nitrogens with one attached hydrogen (secondary N) is 3. The van der Waals surface area contributed by atoms with Gasteiger partial charge < -0.3 is 9.73 Å². The van der Waals surface area contributed by atoms with E-state index in [2.05, 4.69) is 20.5 Å². The summed E-state index contributed by atoms with van der Waals surface area (Å²) in [5.74, 6) is -0.832. The van der Waals surface area contributed by atoms with Gasteiger partial charge in [-0.1, -0.05) is 0 Å². The molecule has 7 nitrogen and oxygen atoms in total. The summed E-state index contributed by atoms with van der Waals surface area (Å²) in [6.45, 7) is 0. The lowest BCUT2D eigenvalue weighted by Crippen LogP contribution is -2.11. The summed E-state index contributed by atoms with van der Waals surface area (Å²) in [6.07, 6.45) is 1.71. The van der Waals surface area contributed by atoms with Crippen LogP contribution in [0.25, 0.3) is 22.0 Å². The first kappa shape index (κ1) is 12.4. The van der Waals surface area contributed by atoms with Crippen LogP contribution in [-0.2, 0) is 0 Å². The van der Waals surface area contributed by atoms with E-state index in [0.29, 0.717) is 22.4 Å². The third-order valence-corrected chi connectivity index (χ3v) is 3.38. The normalized spacial score (nSPS) is 11.1. The van der Waals surface area contributed by atoms with Gasteiger partial charge >= 0.3 is 5.76 Å². The maximum Gasteiger partial charge on any atom is 0.417 e. The smallest absolute Gasteiger partial charge is 0.408 e. The average molecular weight is 294 g/mol. The van der Waals surface area contributed by atoms with Gasteiger partial charge in [-0.2, -0.15) is 5.10 Å². The largest absolute Gasteiger partial charge is 0.417 e. The molecule has 0 radical (unpaired) electrons. The van der Waals surface area contributed by atoms with Crippen LogP contribution >= 0.6 is 0 Å². The maximum atomic E-state index is 12.3. The predicted octanol–water partition coefficient (Wildman–Crippen LogP) is 2.25. The molecule has 0 saturated heterocycles. The van der Waals surface area contributed by atoms with Crippen molar-refractivity contribution in [2.45, 2.75) is 0 Å². The van der Waals surface area contributed by atoms with Gasteiger partial charge in [0.2, 0.25) is 0 Å². The van der Waals surface area contributed by atoms with Crippen LogP contribution in [0.5, 0.6) is 0 Å². The molecule has 0 aliphatic rings. The first-order valence-corrected chi connectivity index (χ1v) is 6.56. The van der Waals surface area contributed by atoms with Crippen LogP contribution < -0.4 is 11.1 Å². The van der Waals surface area contributed by atoms with Crippen molar-refractivity contribution in [1.29, 1.82) is 0 Å². The molecule has 0 atom stereocenters. The number of aromatic nitrogens is 3. The van der Waals surface area contributed by atoms with Gasteiger partial charge in [-0.25, -0.2) is 4.79 Å². The lowest BCUT2D eigenvalue weighted by Gasteiger charge is -2.05. The van der Waals surface area contributed by atoms with E-state index >= 15 is 0 Å². The SMILES string of the molecule is O=C(Nc1ccc2cn[nH]c2c1)c1ccc2[nH]c(=O)oc2c1. The number of fused-ring (bicyclic) bond motifs is 2. The van der Waals surface area contributed by atoms with Crippen molar-refractivity contribution in [3.8, 4) is 0 Å². The van der Waals surface area contributed by atoms with Gasteiger partial charge in [0.25, 0.3) is 5.91 Å². The number of benzene rings is 2. The van der Waals surface area contributed by atoms with Gasteiger partial charge in [0, 0.05) is 16.6 Å². The number of hydrogen-bond donors (Lipinski definition) is 3. The Morgan fingerprint density at radius 1 is 1.14 bits per heavy atom. The number of rotatable bonds is 2. The fourth-order valence-corrected chi connectivity index (χ4v) is 2.30. The Balaban J connectivity index is 1.65. The van der Waals surface area contributed by atoms with Crippen molar-refractivity contribution in [3.63, 3.8) is 0 Å². The molecule has 2 heterocycles. The Bertz CT molecular complexity index is 1060. The second-order valence-electron chi connectivity index (χ2n) is 4.85. The molecule has 0 unspecified atom stereocenters. The number of hydrogen-bond acceptors (Lipinski definition) is 4. The fourth-order valence-electron chi connectivity index (χ4n) is 2.30. The summed E-state index contributed by atoms with van der Waals surface area (Å²) in [5, 5.41) is 10.5. The molecule has 4 aromatic rings. The van der Waals surface area contributed by atoms with E-state index in [1.54, 1.807) is 30.5 Å².